The zero-order valence-electron chi connectivity index (χ0n) is 5.00. The molecule has 1 aliphatic heterocycles. The molecule has 1 N–H and O–H groups in total. The Morgan fingerprint density at radius 3 is 3.00 bits per heavy atom. The van der Waals surface area contributed by atoms with E-state index in [0.717, 1.165) is 0 Å². The van der Waals surface area contributed by atoms with Gasteiger partial charge in [-0.15, -0.1) is 0 Å². The number of rotatable bonds is 0. The van der Waals surface area contributed by atoms with Crippen LogP contribution in [0.2, 0.25) is 0 Å². The Balaban J connectivity index is 2.59. The Hall–Kier alpha value is -1.16. The fourth-order valence-electron chi connectivity index (χ4n) is 0.795. The molecule has 2 radical (unpaired) electrons. The van der Waals surface area contributed by atoms with Crippen molar-refractivity contribution in [3.63, 3.8) is 0 Å². The molecule has 1 aromatic rings. The maximum absolute atomic E-state index is 9.13. The second-order valence-corrected chi connectivity index (χ2v) is 2.47. The number of fused-ring (bicyclic) bond motifs is 1. The van der Waals surface area contributed by atoms with E-state index < -0.39 is 0 Å². The van der Waals surface area contributed by atoms with Crippen molar-refractivity contribution >= 4 is 10.0 Å². The summed E-state index contributed by atoms with van der Waals surface area (Å²) in [6.45, 7) is 0. The molecule has 0 unspecified atom stereocenters. The van der Waals surface area contributed by atoms with Crippen LogP contribution in [-0.2, 0) is 0 Å². The molecule has 0 bridgehead atoms. The van der Waals surface area contributed by atoms with Gasteiger partial charge in [-0.2, -0.15) is 0 Å². The normalized spacial score (nSPS) is 13.6. The van der Waals surface area contributed by atoms with Crippen LogP contribution >= 0.6 is 0 Å². The third-order valence-corrected chi connectivity index (χ3v) is 1.84. The van der Waals surface area contributed by atoms with E-state index >= 15 is 0 Å². The number of para-hydroxylation sites is 1. The van der Waals surface area contributed by atoms with E-state index in [9.17, 15) is 0 Å². The Morgan fingerprint density at radius 2 is 2.20 bits per heavy atom. The lowest BCUT2D eigenvalue weighted by Gasteiger charge is -1.97. The summed E-state index contributed by atoms with van der Waals surface area (Å²) < 4.78 is 10.0. The maximum Gasteiger partial charge on any atom is 0.610 e. The quantitative estimate of drug-likeness (QED) is 0.556. The van der Waals surface area contributed by atoms with Gasteiger partial charge < -0.3 is 14.0 Å². The smallest absolute Gasteiger partial charge is 0.505 e. The Labute approximate surface area is 60.3 Å². The molecular formula is C6H4O3Si. The van der Waals surface area contributed by atoms with Crippen LogP contribution in [0.15, 0.2) is 18.2 Å². The average molecular weight is 152 g/mol. The van der Waals surface area contributed by atoms with Crippen molar-refractivity contribution in [2.45, 2.75) is 0 Å². The van der Waals surface area contributed by atoms with Gasteiger partial charge >= 0.3 is 10.0 Å². The summed E-state index contributed by atoms with van der Waals surface area (Å²) in [5.41, 5.74) is 0. The highest BCUT2D eigenvalue weighted by Gasteiger charge is 2.18. The Kier molecular flexibility index (Phi) is 1.07. The van der Waals surface area contributed by atoms with Gasteiger partial charge in [0.05, 0.1) is 0 Å². The van der Waals surface area contributed by atoms with Crippen molar-refractivity contribution < 1.29 is 14.0 Å². The van der Waals surface area contributed by atoms with E-state index in [1.54, 1.807) is 18.2 Å². The van der Waals surface area contributed by atoms with Gasteiger partial charge in [-0.05, 0) is 12.1 Å². The first-order valence-electron chi connectivity index (χ1n) is 2.78. The second kappa shape index (κ2) is 1.91. The standard InChI is InChI=1S/C6H4O3Si/c7-4-2-1-3-5-6(4)9-10-8-5/h1-3,7H. The van der Waals surface area contributed by atoms with Gasteiger partial charge in [0.2, 0.25) is 0 Å². The Morgan fingerprint density at radius 1 is 1.30 bits per heavy atom. The van der Waals surface area contributed by atoms with Crippen molar-refractivity contribution in [3.8, 4) is 17.2 Å². The number of aromatic hydroxyl groups is 1. The third kappa shape index (κ3) is 0.656. The molecule has 2 rings (SSSR count). The first kappa shape index (κ1) is 5.61. The number of hydrogen-bond donors (Lipinski definition) is 1. The molecular weight excluding hydrogens is 148 g/mol. The third-order valence-electron chi connectivity index (χ3n) is 1.25. The van der Waals surface area contributed by atoms with Crippen LogP contribution in [0.5, 0.6) is 17.2 Å². The van der Waals surface area contributed by atoms with Crippen molar-refractivity contribution in [1.82, 2.24) is 0 Å². The number of phenolic OH excluding ortho intramolecular Hbond substituents is 1. The highest BCUT2D eigenvalue weighted by Crippen LogP contribution is 2.38. The average Bonchev–Trinajstić information content (AvgIpc) is 2.36. The molecule has 0 aliphatic carbocycles. The predicted octanol–water partition coefficient (Wildman–Crippen LogP) is 0.698. The first-order chi connectivity index (χ1) is 4.88. The molecule has 0 saturated heterocycles. The fourth-order valence-corrected chi connectivity index (χ4v) is 1.38. The van der Waals surface area contributed by atoms with E-state index in [4.69, 9.17) is 14.0 Å². The van der Waals surface area contributed by atoms with Crippen molar-refractivity contribution in [2.24, 2.45) is 0 Å². The molecule has 1 heterocycles. The van der Waals surface area contributed by atoms with Gasteiger partial charge in [-0.25, -0.2) is 0 Å². The van der Waals surface area contributed by atoms with E-state index in [-0.39, 0.29) is 15.8 Å². The van der Waals surface area contributed by atoms with E-state index in [0.29, 0.717) is 11.5 Å². The van der Waals surface area contributed by atoms with Crippen LogP contribution in [0.1, 0.15) is 0 Å². The number of hydrogen-bond acceptors (Lipinski definition) is 3. The van der Waals surface area contributed by atoms with Gasteiger partial charge in [0.1, 0.15) is 0 Å². The molecule has 50 valence electrons. The van der Waals surface area contributed by atoms with Gasteiger partial charge in [-0.1, -0.05) is 6.07 Å². The molecule has 1 aromatic carbocycles. The minimum absolute atomic E-state index is 0.0173. The topological polar surface area (TPSA) is 38.7 Å². The van der Waals surface area contributed by atoms with E-state index in [1.165, 1.54) is 0 Å². The van der Waals surface area contributed by atoms with Gasteiger partial charge in [-0.3, -0.25) is 0 Å². The van der Waals surface area contributed by atoms with E-state index in [1.807, 2.05) is 0 Å². The zero-order chi connectivity index (χ0) is 6.97. The lowest BCUT2D eigenvalue weighted by molar-refractivity contribution is 0.446. The summed E-state index contributed by atoms with van der Waals surface area (Å²) in [6.07, 6.45) is 0. The molecule has 0 saturated carbocycles. The molecule has 0 fully saturated rings. The van der Waals surface area contributed by atoms with Crippen LogP contribution in [0.25, 0.3) is 0 Å². The van der Waals surface area contributed by atoms with Crippen LogP contribution in [-0.4, -0.2) is 15.1 Å². The van der Waals surface area contributed by atoms with Crippen molar-refractivity contribution in [3.05, 3.63) is 18.2 Å². The Bertz CT molecular complexity index is 261. The maximum atomic E-state index is 9.13. The molecule has 0 aromatic heterocycles. The summed E-state index contributed by atoms with van der Waals surface area (Å²) in [7, 11) is -0.0173. The molecule has 4 heteroatoms. The molecule has 1 aliphatic rings. The summed E-state index contributed by atoms with van der Waals surface area (Å²) in [4.78, 5) is 0. The highest BCUT2D eigenvalue weighted by atomic mass is 28.3. The summed E-state index contributed by atoms with van der Waals surface area (Å²) in [5, 5.41) is 9.13. The predicted molar refractivity (Wildman–Crippen MR) is 35.1 cm³/mol. The second-order valence-electron chi connectivity index (χ2n) is 1.89. The lowest BCUT2D eigenvalue weighted by atomic mass is 10.3. The molecule has 0 amide bonds. The molecule has 3 nitrogen and oxygen atoms in total. The summed E-state index contributed by atoms with van der Waals surface area (Å²) in [5.74, 6) is 1.22. The SMILES string of the molecule is Oc1cccc2c1O[Si]O2. The van der Waals surface area contributed by atoms with E-state index in [2.05, 4.69) is 0 Å². The van der Waals surface area contributed by atoms with Crippen LogP contribution in [0, 0.1) is 0 Å². The van der Waals surface area contributed by atoms with Crippen molar-refractivity contribution in [1.29, 1.82) is 0 Å². The summed E-state index contributed by atoms with van der Waals surface area (Å²) in [6, 6.07) is 5.04. The monoisotopic (exact) mass is 152 g/mol. The van der Waals surface area contributed by atoms with Crippen LogP contribution in [0.4, 0.5) is 0 Å². The van der Waals surface area contributed by atoms with Crippen LogP contribution in [0.3, 0.4) is 0 Å². The number of phenols is 1. The van der Waals surface area contributed by atoms with Crippen molar-refractivity contribution in [2.75, 3.05) is 0 Å². The van der Waals surface area contributed by atoms with Gasteiger partial charge in [0.15, 0.2) is 17.2 Å². The van der Waals surface area contributed by atoms with Gasteiger partial charge in [0.25, 0.3) is 0 Å². The minimum Gasteiger partial charge on any atom is -0.505 e. The lowest BCUT2D eigenvalue weighted by Crippen LogP contribution is -1.99. The highest BCUT2D eigenvalue weighted by molar-refractivity contribution is 6.23. The molecule has 0 atom stereocenters. The van der Waals surface area contributed by atoms with Gasteiger partial charge in [0, 0.05) is 0 Å². The molecule has 0 spiro atoms. The first-order valence-corrected chi connectivity index (χ1v) is 3.60. The largest absolute Gasteiger partial charge is 0.610 e. The summed E-state index contributed by atoms with van der Waals surface area (Å²) >= 11 is 0. The van der Waals surface area contributed by atoms with Crippen LogP contribution < -0.4 is 8.85 Å². The fraction of sp³-hybridized carbons (Fsp3) is 0. The number of benzene rings is 1. The minimum atomic E-state index is -0.0173. The molecule has 10 heavy (non-hydrogen) atoms. The zero-order valence-corrected chi connectivity index (χ0v) is 6.00.